The number of likely N-dealkylation sites (tertiary alicyclic amines) is 1. The molecule has 0 unspecified atom stereocenters. The van der Waals surface area contributed by atoms with Gasteiger partial charge in [0.15, 0.2) is 0 Å². The lowest BCUT2D eigenvalue weighted by Crippen LogP contribution is -2.42. The average Bonchev–Trinajstić information content (AvgIpc) is 2.46. The van der Waals surface area contributed by atoms with Gasteiger partial charge in [0.1, 0.15) is 5.82 Å². The zero-order chi connectivity index (χ0) is 13.7. The van der Waals surface area contributed by atoms with E-state index in [-0.39, 0.29) is 11.7 Å². The molecule has 1 aliphatic heterocycles. The maximum absolute atomic E-state index is 12.8. The molecular formula is C16H20FNO. The molecule has 0 bridgehead atoms. The molecule has 3 heteroatoms. The lowest BCUT2D eigenvalue weighted by atomic mass is 10.00. The fourth-order valence-electron chi connectivity index (χ4n) is 2.55. The van der Waals surface area contributed by atoms with Crippen LogP contribution in [0.3, 0.4) is 0 Å². The monoisotopic (exact) mass is 261 g/mol. The normalized spacial score (nSPS) is 19.9. The molecule has 0 aromatic heterocycles. The number of amides is 1. The second-order valence-corrected chi connectivity index (χ2v) is 4.97. The first-order chi connectivity index (χ1) is 9.20. The molecular weight excluding hydrogens is 241 g/mol. The third-order valence-electron chi connectivity index (χ3n) is 3.67. The summed E-state index contributed by atoms with van der Waals surface area (Å²) in [5.74, 6) is -0.193. The molecule has 0 saturated carbocycles. The lowest BCUT2D eigenvalue weighted by molar-refractivity contribution is -0.129. The maximum atomic E-state index is 12.8. The van der Waals surface area contributed by atoms with Crippen LogP contribution in [-0.4, -0.2) is 23.4 Å². The Morgan fingerprint density at radius 2 is 2.11 bits per heavy atom. The van der Waals surface area contributed by atoms with Gasteiger partial charge in [-0.3, -0.25) is 4.79 Å². The summed E-state index contributed by atoms with van der Waals surface area (Å²) < 4.78 is 12.8. The average molecular weight is 261 g/mol. The fourth-order valence-corrected chi connectivity index (χ4v) is 2.55. The number of carbonyl (C=O) groups is 1. The first kappa shape index (κ1) is 13.8. The summed E-state index contributed by atoms with van der Waals surface area (Å²) >= 11 is 0. The van der Waals surface area contributed by atoms with Crippen molar-refractivity contribution in [1.82, 2.24) is 4.90 Å². The zero-order valence-corrected chi connectivity index (χ0v) is 11.3. The van der Waals surface area contributed by atoms with E-state index in [2.05, 4.69) is 6.92 Å². The Labute approximate surface area is 113 Å². The molecule has 1 aliphatic rings. The summed E-state index contributed by atoms with van der Waals surface area (Å²) in [6.07, 6.45) is 7.77. The van der Waals surface area contributed by atoms with Crippen molar-refractivity contribution in [3.63, 3.8) is 0 Å². The van der Waals surface area contributed by atoms with Crippen LogP contribution in [-0.2, 0) is 4.79 Å². The van der Waals surface area contributed by atoms with E-state index in [1.54, 1.807) is 24.3 Å². The molecule has 1 heterocycles. The smallest absolute Gasteiger partial charge is 0.246 e. The first-order valence-electron chi connectivity index (χ1n) is 6.95. The second-order valence-electron chi connectivity index (χ2n) is 4.97. The van der Waals surface area contributed by atoms with Gasteiger partial charge in [-0.25, -0.2) is 4.39 Å². The van der Waals surface area contributed by atoms with Crippen LogP contribution in [0.1, 0.15) is 38.2 Å². The minimum absolute atomic E-state index is 0.0656. The van der Waals surface area contributed by atoms with Crippen LogP contribution < -0.4 is 0 Å². The van der Waals surface area contributed by atoms with Gasteiger partial charge < -0.3 is 4.90 Å². The molecule has 0 N–H and O–H groups in total. The maximum Gasteiger partial charge on any atom is 0.246 e. The molecule has 1 fully saturated rings. The fraction of sp³-hybridized carbons (Fsp3) is 0.438. The van der Waals surface area contributed by atoms with E-state index in [1.807, 2.05) is 4.90 Å². The third kappa shape index (κ3) is 3.66. The number of benzene rings is 1. The molecule has 0 aliphatic carbocycles. The van der Waals surface area contributed by atoms with Crippen LogP contribution in [0, 0.1) is 5.82 Å². The van der Waals surface area contributed by atoms with Gasteiger partial charge in [-0.2, -0.15) is 0 Å². The highest BCUT2D eigenvalue weighted by molar-refractivity contribution is 5.92. The molecule has 2 rings (SSSR count). The second kappa shape index (κ2) is 6.50. The van der Waals surface area contributed by atoms with Gasteiger partial charge >= 0.3 is 0 Å². The number of hydrogen-bond acceptors (Lipinski definition) is 1. The molecule has 19 heavy (non-hydrogen) atoms. The standard InChI is InChI=1S/C16H20FNO/c1-2-15-5-3-4-12-18(15)16(19)11-8-13-6-9-14(17)10-7-13/h6-11,15H,2-5,12H2,1H3/b11-8+/t15-/m1/s1. The predicted molar refractivity (Wildman–Crippen MR) is 75.1 cm³/mol. The molecule has 2 nitrogen and oxygen atoms in total. The summed E-state index contributed by atoms with van der Waals surface area (Å²) in [6, 6.07) is 6.53. The van der Waals surface area contributed by atoms with Gasteiger partial charge in [0.2, 0.25) is 5.91 Å². The minimum Gasteiger partial charge on any atom is -0.336 e. The van der Waals surface area contributed by atoms with Crippen molar-refractivity contribution >= 4 is 12.0 Å². The van der Waals surface area contributed by atoms with Crippen molar-refractivity contribution < 1.29 is 9.18 Å². The third-order valence-corrected chi connectivity index (χ3v) is 3.67. The Hall–Kier alpha value is -1.64. The first-order valence-corrected chi connectivity index (χ1v) is 6.95. The Morgan fingerprint density at radius 3 is 2.79 bits per heavy atom. The van der Waals surface area contributed by atoms with Crippen molar-refractivity contribution in [2.45, 2.75) is 38.6 Å². The zero-order valence-electron chi connectivity index (χ0n) is 11.3. The summed E-state index contributed by atoms with van der Waals surface area (Å²) in [4.78, 5) is 14.1. The van der Waals surface area contributed by atoms with E-state index in [0.29, 0.717) is 6.04 Å². The van der Waals surface area contributed by atoms with Gasteiger partial charge in [-0.15, -0.1) is 0 Å². The Morgan fingerprint density at radius 1 is 1.37 bits per heavy atom. The van der Waals surface area contributed by atoms with Crippen LogP contribution >= 0.6 is 0 Å². The van der Waals surface area contributed by atoms with Crippen molar-refractivity contribution in [3.05, 3.63) is 41.7 Å². The van der Waals surface area contributed by atoms with E-state index < -0.39 is 0 Å². The molecule has 0 spiro atoms. The number of halogens is 1. The van der Waals surface area contributed by atoms with Crippen molar-refractivity contribution in [3.8, 4) is 0 Å². The molecule has 102 valence electrons. The van der Waals surface area contributed by atoms with Crippen LogP contribution in [0.25, 0.3) is 6.08 Å². The predicted octanol–water partition coefficient (Wildman–Crippen LogP) is 3.63. The van der Waals surface area contributed by atoms with Gasteiger partial charge in [-0.05, 0) is 49.5 Å². The van der Waals surface area contributed by atoms with Crippen LogP contribution in [0.5, 0.6) is 0 Å². The molecule has 1 aromatic rings. The quantitative estimate of drug-likeness (QED) is 0.761. The van der Waals surface area contributed by atoms with E-state index in [9.17, 15) is 9.18 Å². The SMILES string of the molecule is CC[C@@H]1CCCCN1C(=O)/C=C/c1ccc(F)cc1. The van der Waals surface area contributed by atoms with Crippen molar-refractivity contribution in [1.29, 1.82) is 0 Å². The number of carbonyl (C=O) groups excluding carboxylic acids is 1. The molecule has 1 saturated heterocycles. The molecule has 0 radical (unpaired) electrons. The lowest BCUT2D eigenvalue weighted by Gasteiger charge is -2.34. The van der Waals surface area contributed by atoms with Crippen molar-refractivity contribution in [2.24, 2.45) is 0 Å². The molecule has 1 atom stereocenters. The Balaban J connectivity index is 2.01. The number of piperidine rings is 1. The van der Waals surface area contributed by atoms with Crippen LogP contribution in [0.2, 0.25) is 0 Å². The molecule has 1 amide bonds. The van der Waals surface area contributed by atoms with E-state index in [0.717, 1.165) is 31.4 Å². The highest BCUT2D eigenvalue weighted by Gasteiger charge is 2.23. The van der Waals surface area contributed by atoms with Gasteiger partial charge in [-0.1, -0.05) is 19.1 Å². The number of hydrogen-bond donors (Lipinski definition) is 0. The van der Waals surface area contributed by atoms with E-state index in [1.165, 1.54) is 18.6 Å². The highest BCUT2D eigenvalue weighted by atomic mass is 19.1. The number of rotatable bonds is 3. The summed E-state index contributed by atoms with van der Waals surface area (Å²) in [5, 5.41) is 0. The highest BCUT2D eigenvalue weighted by Crippen LogP contribution is 2.20. The van der Waals surface area contributed by atoms with Gasteiger partial charge in [0, 0.05) is 18.7 Å². The number of nitrogens with zero attached hydrogens (tertiary/aromatic N) is 1. The van der Waals surface area contributed by atoms with Crippen molar-refractivity contribution in [2.75, 3.05) is 6.54 Å². The van der Waals surface area contributed by atoms with Gasteiger partial charge in [0.25, 0.3) is 0 Å². The summed E-state index contributed by atoms with van der Waals surface area (Å²) in [6.45, 7) is 2.98. The summed E-state index contributed by atoms with van der Waals surface area (Å²) in [5.41, 5.74) is 0.847. The topological polar surface area (TPSA) is 20.3 Å². The van der Waals surface area contributed by atoms with E-state index in [4.69, 9.17) is 0 Å². The Kier molecular flexibility index (Phi) is 4.72. The largest absolute Gasteiger partial charge is 0.336 e. The minimum atomic E-state index is -0.259. The van der Waals surface area contributed by atoms with Crippen LogP contribution in [0.4, 0.5) is 4.39 Å². The van der Waals surface area contributed by atoms with Gasteiger partial charge in [0.05, 0.1) is 0 Å². The van der Waals surface area contributed by atoms with Crippen LogP contribution in [0.15, 0.2) is 30.3 Å². The molecule has 1 aromatic carbocycles. The Bertz CT molecular complexity index is 452. The van der Waals surface area contributed by atoms with E-state index >= 15 is 0 Å². The summed E-state index contributed by atoms with van der Waals surface area (Å²) in [7, 11) is 0.